The Morgan fingerprint density at radius 3 is 2.74 bits per heavy atom. The molecule has 1 atom stereocenters. The first-order valence-electron chi connectivity index (χ1n) is 6.13. The number of anilines is 1. The van der Waals surface area contributed by atoms with Crippen LogP contribution in [0.3, 0.4) is 0 Å². The van der Waals surface area contributed by atoms with E-state index in [1.165, 1.54) is 0 Å². The van der Waals surface area contributed by atoms with Crippen molar-refractivity contribution in [1.29, 1.82) is 0 Å². The number of hydrogen-bond donors (Lipinski definition) is 3. The zero-order chi connectivity index (χ0) is 14.3. The number of urea groups is 1. The molecule has 0 aromatic heterocycles. The molecule has 0 radical (unpaired) electrons. The third-order valence-electron chi connectivity index (χ3n) is 2.37. The average molecular weight is 375 g/mol. The normalized spacial score (nSPS) is 11.5. The number of carbonyl (C=O) groups excluding carboxylic acids is 2. The molecule has 1 aromatic rings. The van der Waals surface area contributed by atoms with Crippen LogP contribution in [0.15, 0.2) is 24.3 Å². The van der Waals surface area contributed by atoms with Crippen LogP contribution < -0.4 is 16.0 Å². The number of rotatable bonds is 5. The van der Waals surface area contributed by atoms with Crippen molar-refractivity contribution in [3.8, 4) is 0 Å². The molecule has 0 fully saturated rings. The van der Waals surface area contributed by atoms with Crippen LogP contribution in [0.2, 0.25) is 0 Å². The van der Waals surface area contributed by atoms with E-state index in [1.807, 2.05) is 25.1 Å². The highest BCUT2D eigenvalue weighted by Gasteiger charge is 2.14. The number of amides is 3. The summed E-state index contributed by atoms with van der Waals surface area (Å²) < 4.78 is 1.03. The summed E-state index contributed by atoms with van der Waals surface area (Å²) in [5.74, 6) is -0.181. The molecular formula is C13H18IN3O2. The summed E-state index contributed by atoms with van der Waals surface area (Å²) in [7, 11) is 0. The fraction of sp³-hybridized carbons (Fsp3) is 0.385. The molecule has 1 rings (SSSR count). The van der Waals surface area contributed by atoms with E-state index in [4.69, 9.17) is 0 Å². The van der Waals surface area contributed by atoms with Gasteiger partial charge in [-0.1, -0.05) is 13.0 Å². The molecule has 5 nitrogen and oxygen atoms in total. The van der Waals surface area contributed by atoms with Crippen molar-refractivity contribution in [2.45, 2.75) is 26.3 Å². The van der Waals surface area contributed by atoms with Crippen molar-refractivity contribution in [2.75, 3.05) is 11.9 Å². The van der Waals surface area contributed by atoms with Crippen molar-refractivity contribution in [1.82, 2.24) is 10.6 Å². The van der Waals surface area contributed by atoms with Gasteiger partial charge in [-0.2, -0.15) is 0 Å². The Kier molecular flexibility index (Phi) is 6.61. The molecule has 0 aliphatic carbocycles. The smallest absolute Gasteiger partial charge is 0.319 e. The van der Waals surface area contributed by atoms with Gasteiger partial charge >= 0.3 is 6.03 Å². The number of halogens is 1. The molecule has 6 heteroatoms. The first-order chi connectivity index (χ1) is 9.02. The van der Waals surface area contributed by atoms with Crippen molar-refractivity contribution >= 4 is 40.2 Å². The Balaban J connectivity index is 2.44. The van der Waals surface area contributed by atoms with Gasteiger partial charge in [0.05, 0.1) is 0 Å². The molecule has 0 unspecified atom stereocenters. The second-order valence-electron chi connectivity index (χ2n) is 4.12. The first-order valence-corrected chi connectivity index (χ1v) is 7.21. The van der Waals surface area contributed by atoms with Crippen LogP contribution in [0.1, 0.15) is 20.3 Å². The summed E-state index contributed by atoms with van der Waals surface area (Å²) >= 11 is 2.17. The summed E-state index contributed by atoms with van der Waals surface area (Å²) in [6.45, 7) is 4.24. The minimum atomic E-state index is -0.561. The monoisotopic (exact) mass is 375 g/mol. The molecule has 1 aromatic carbocycles. The SMILES string of the molecule is CCCNC(=O)[C@H](C)NC(=O)Nc1cccc(I)c1. The number of benzene rings is 1. The molecule has 0 saturated carbocycles. The quantitative estimate of drug-likeness (QED) is 0.692. The number of nitrogens with one attached hydrogen (secondary N) is 3. The highest BCUT2D eigenvalue weighted by Crippen LogP contribution is 2.11. The van der Waals surface area contributed by atoms with Gasteiger partial charge in [0.1, 0.15) is 6.04 Å². The van der Waals surface area contributed by atoms with Crippen molar-refractivity contribution in [3.63, 3.8) is 0 Å². The van der Waals surface area contributed by atoms with Crippen LogP contribution in [0.4, 0.5) is 10.5 Å². The molecule has 0 heterocycles. The fourth-order valence-electron chi connectivity index (χ4n) is 1.40. The molecule has 104 valence electrons. The summed E-state index contributed by atoms with van der Waals surface area (Å²) in [4.78, 5) is 23.3. The van der Waals surface area contributed by atoms with E-state index in [2.05, 4.69) is 38.5 Å². The molecule has 0 bridgehead atoms. The van der Waals surface area contributed by atoms with Crippen LogP contribution in [0.5, 0.6) is 0 Å². The van der Waals surface area contributed by atoms with E-state index >= 15 is 0 Å². The summed E-state index contributed by atoms with van der Waals surface area (Å²) in [5, 5.41) is 8.01. The van der Waals surface area contributed by atoms with Crippen LogP contribution in [0, 0.1) is 3.57 Å². The molecule has 0 spiro atoms. The van der Waals surface area contributed by atoms with E-state index in [9.17, 15) is 9.59 Å². The van der Waals surface area contributed by atoms with E-state index in [0.717, 1.165) is 9.99 Å². The lowest BCUT2D eigenvalue weighted by Crippen LogP contribution is -2.46. The Hall–Kier alpha value is -1.31. The van der Waals surface area contributed by atoms with Crippen molar-refractivity contribution in [2.24, 2.45) is 0 Å². The standard InChI is InChI=1S/C13H18IN3O2/c1-3-7-15-12(18)9(2)16-13(19)17-11-6-4-5-10(14)8-11/h4-6,8-9H,3,7H2,1-2H3,(H,15,18)(H2,16,17,19)/t9-/m0/s1. The van der Waals surface area contributed by atoms with Crippen molar-refractivity contribution < 1.29 is 9.59 Å². The zero-order valence-corrected chi connectivity index (χ0v) is 13.2. The van der Waals surface area contributed by atoms with Crippen LogP contribution in [0.25, 0.3) is 0 Å². The number of hydrogen-bond acceptors (Lipinski definition) is 2. The highest BCUT2D eigenvalue weighted by atomic mass is 127. The Morgan fingerprint density at radius 1 is 1.37 bits per heavy atom. The molecule has 3 amide bonds. The van der Waals surface area contributed by atoms with Gasteiger partial charge in [-0.05, 0) is 54.1 Å². The maximum Gasteiger partial charge on any atom is 0.319 e. The van der Waals surface area contributed by atoms with Gasteiger partial charge in [0.2, 0.25) is 5.91 Å². The second kappa shape index (κ2) is 7.98. The largest absolute Gasteiger partial charge is 0.354 e. The molecule has 3 N–H and O–H groups in total. The van der Waals surface area contributed by atoms with Gasteiger partial charge in [0.25, 0.3) is 0 Å². The first kappa shape index (κ1) is 15.7. The zero-order valence-electron chi connectivity index (χ0n) is 11.0. The minimum absolute atomic E-state index is 0.181. The number of carbonyl (C=O) groups is 2. The molecule has 0 aliphatic rings. The maximum atomic E-state index is 11.7. The molecular weight excluding hydrogens is 357 g/mol. The predicted octanol–water partition coefficient (Wildman–Crippen LogP) is 2.33. The van der Waals surface area contributed by atoms with Gasteiger partial charge in [-0.15, -0.1) is 0 Å². The molecule has 19 heavy (non-hydrogen) atoms. The van der Waals surface area contributed by atoms with E-state index in [-0.39, 0.29) is 11.9 Å². The molecule has 0 saturated heterocycles. The van der Waals surface area contributed by atoms with Crippen LogP contribution in [-0.4, -0.2) is 24.5 Å². The summed E-state index contributed by atoms with van der Waals surface area (Å²) in [6, 6.07) is 6.49. The van der Waals surface area contributed by atoms with Gasteiger partial charge in [0, 0.05) is 15.8 Å². The van der Waals surface area contributed by atoms with Crippen molar-refractivity contribution in [3.05, 3.63) is 27.8 Å². The lowest BCUT2D eigenvalue weighted by Gasteiger charge is -2.14. The topological polar surface area (TPSA) is 70.2 Å². The predicted molar refractivity (Wildman–Crippen MR) is 84.1 cm³/mol. The van der Waals surface area contributed by atoms with Gasteiger partial charge in [-0.3, -0.25) is 4.79 Å². The molecule has 0 aliphatic heterocycles. The highest BCUT2D eigenvalue weighted by molar-refractivity contribution is 14.1. The Labute approximate surface area is 126 Å². The van der Waals surface area contributed by atoms with E-state index < -0.39 is 6.04 Å². The lowest BCUT2D eigenvalue weighted by atomic mass is 10.3. The second-order valence-corrected chi connectivity index (χ2v) is 5.37. The van der Waals surface area contributed by atoms with Gasteiger partial charge < -0.3 is 16.0 Å². The Morgan fingerprint density at radius 2 is 2.11 bits per heavy atom. The maximum absolute atomic E-state index is 11.7. The Bertz CT molecular complexity index is 451. The van der Waals surface area contributed by atoms with Crippen LogP contribution in [-0.2, 0) is 4.79 Å². The lowest BCUT2D eigenvalue weighted by molar-refractivity contribution is -0.122. The van der Waals surface area contributed by atoms with Gasteiger partial charge in [0.15, 0.2) is 0 Å². The van der Waals surface area contributed by atoms with E-state index in [0.29, 0.717) is 12.2 Å². The summed E-state index contributed by atoms with van der Waals surface area (Å²) in [6.07, 6.45) is 0.868. The third-order valence-corrected chi connectivity index (χ3v) is 3.04. The third kappa shape index (κ3) is 5.91. The van der Waals surface area contributed by atoms with Gasteiger partial charge in [-0.25, -0.2) is 4.79 Å². The van der Waals surface area contributed by atoms with E-state index in [1.54, 1.807) is 13.0 Å². The van der Waals surface area contributed by atoms with Crippen LogP contribution >= 0.6 is 22.6 Å². The average Bonchev–Trinajstić information content (AvgIpc) is 2.35. The summed E-state index contributed by atoms with van der Waals surface area (Å²) in [5.41, 5.74) is 0.700. The fourth-order valence-corrected chi connectivity index (χ4v) is 1.94. The minimum Gasteiger partial charge on any atom is -0.354 e.